The van der Waals surface area contributed by atoms with Crippen LogP contribution in [0.5, 0.6) is 5.75 Å². The normalized spacial score (nSPS) is 11.9. The molecule has 0 aliphatic carbocycles. The summed E-state index contributed by atoms with van der Waals surface area (Å²) >= 11 is 0. The lowest BCUT2D eigenvalue weighted by atomic mass is 10.0. The molecule has 0 spiro atoms. The molecule has 40 heavy (non-hydrogen) atoms. The van der Waals surface area contributed by atoms with Crippen LogP contribution in [-0.2, 0) is 9.53 Å². The highest BCUT2D eigenvalue weighted by molar-refractivity contribution is 5.70. The molecular weight excluding hydrogens is 492 g/mol. The minimum atomic E-state index is -0.224. The van der Waals surface area contributed by atoms with E-state index in [-0.39, 0.29) is 12.1 Å². The molecule has 0 N–H and O–H groups in total. The van der Waals surface area contributed by atoms with Gasteiger partial charge >= 0.3 is 5.97 Å². The van der Waals surface area contributed by atoms with Gasteiger partial charge in [-0.2, -0.15) is 0 Å². The van der Waals surface area contributed by atoms with E-state index in [0.29, 0.717) is 6.42 Å². The summed E-state index contributed by atoms with van der Waals surface area (Å²) in [7, 11) is 0. The fourth-order valence-corrected chi connectivity index (χ4v) is 5.20. The van der Waals surface area contributed by atoms with Crippen molar-refractivity contribution in [3.63, 3.8) is 0 Å². The van der Waals surface area contributed by atoms with E-state index in [4.69, 9.17) is 9.47 Å². The second kappa shape index (κ2) is 22.4. The molecule has 0 saturated carbocycles. The van der Waals surface area contributed by atoms with Crippen LogP contribution in [0.15, 0.2) is 48.5 Å². The van der Waals surface area contributed by atoms with Crippen LogP contribution in [0.25, 0.3) is 11.1 Å². The Balaban J connectivity index is 1.58. The summed E-state index contributed by atoms with van der Waals surface area (Å²) in [5.74, 6) is 0.848. The zero-order valence-electron chi connectivity index (χ0n) is 26.1. The molecule has 3 heteroatoms. The maximum atomic E-state index is 12.2. The first kappa shape index (κ1) is 33.9. The summed E-state index contributed by atoms with van der Waals surface area (Å²) in [5, 5.41) is 0. The van der Waals surface area contributed by atoms with Crippen molar-refractivity contribution in [3.8, 4) is 16.9 Å². The van der Waals surface area contributed by atoms with E-state index >= 15 is 0 Å². The zero-order valence-corrected chi connectivity index (χ0v) is 26.1. The van der Waals surface area contributed by atoms with Crippen LogP contribution >= 0.6 is 0 Å². The van der Waals surface area contributed by atoms with Gasteiger partial charge in [-0.15, -0.1) is 0 Å². The van der Waals surface area contributed by atoms with Crippen molar-refractivity contribution in [3.05, 3.63) is 54.1 Å². The van der Waals surface area contributed by atoms with E-state index in [1.54, 1.807) is 0 Å². The molecule has 3 nitrogen and oxygen atoms in total. The van der Waals surface area contributed by atoms with Crippen LogP contribution in [0.3, 0.4) is 0 Å². The molecule has 224 valence electrons. The van der Waals surface area contributed by atoms with Gasteiger partial charge in [-0.1, -0.05) is 153 Å². The minimum Gasteiger partial charge on any atom is -0.494 e. The molecule has 2 aromatic carbocycles. The van der Waals surface area contributed by atoms with Gasteiger partial charge < -0.3 is 9.47 Å². The van der Waals surface area contributed by atoms with Gasteiger partial charge in [0.25, 0.3) is 0 Å². The molecule has 1 unspecified atom stereocenters. The van der Waals surface area contributed by atoms with Gasteiger partial charge in [0.1, 0.15) is 11.9 Å². The van der Waals surface area contributed by atoms with Gasteiger partial charge in [-0.3, -0.25) is 4.79 Å². The van der Waals surface area contributed by atoms with Crippen molar-refractivity contribution in [1.82, 2.24) is 0 Å². The first-order valence-corrected chi connectivity index (χ1v) is 16.7. The highest BCUT2D eigenvalue weighted by Gasteiger charge is 2.12. The third-order valence-corrected chi connectivity index (χ3v) is 7.88. The van der Waals surface area contributed by atoms with Gasteiger partial charge in [0.15, 0.2) is 0 Å². The molecule has 0 bridgehead atoms. The quantitative estimate of drug-likeness (QED) is 0.0963. The third kappa shape index (κ3) is 15.5. The summed E-state index contributed by atoms with van der Waals surface area (Å²) < 4.78 is 11.6. The smallest absolute Gasteiger partial charge is 0.306 e. The maximum Gasteiger partial charge on any atom is 0.306 e. The highest BCUT2D eigenvalue weighted by atomic mass is 16.5. The molecule has 2 rings (SSSR count). The van der Waals surface area contributed by atoms with Crippen LogP contribution in [-0.4, -0.2) is 12.6 Å². The first-order valence-electron chi connectivity index (χ1n) is 16.7. The number of carbonyl (C=O) groups is 1. The van der Waals surface area contributed by atoms with Gasteiger partial charge in [-0.25, -0.2) is 0 Å². The number of carbonyl (C=O) groups excluding carboxylic acids is 1. The van der Waals surface area contributed by atoms with E-state index < -0.39 is 0 Å². The van der Waals surface area contributed by atoms with Crippen LogP contribution in [0.4, 0.5) is 0 Å². The van der Waals surface area contributed by atoms with E-state index in [2.05, 4.69) is 62.4 Å². The molecule has 2 aromatic rings. The highest BCUT2D eigenvalue weighted by Crippen LogP contribution is 2.26. The molecule has 1 atom stereocenters. The fourth-order valence-electron chi connectivity index (χ4n) is 5.20. The Bertz CT molecular complexity index is 871. The molecule has 0 radical (unpaired) electrons. The number of hydrogen-bond acceptors (Lipinski definition) is 3. The Labute approximate surface area is 246 Å². The summed E-state index contributed by atoms with van der Waals surface area (Å²) in [6, 6.07) is 16.7. The van der Waals surface area contributed by atoms with Crippen LogP contribution < -0.4 is 4.74 Å². The Morgan fingerprint density at radius 1 is 0.575 bits per heavy atom. The number of ether oxygens (including phenoxy) is 2. The Hall–Kier alpha value is -2.29. The molecule has 0 amide bonds. The fraction of sp³-hybridized carbons (Fsp3) is 0.649. The molecule has 0 saturated heterocycles. The maximum absolute atomic E-state index is 12.2. The summed E-state index contributed by atoms with van der Waals surface area (Å²) in [6.45, 7) is 7.25. The topological polar surface area (TPSA) is 35.5 Å². The molecule has 0 aromatic heterocycles. The Morgan fingerprint density at radius 3 is 1.50 bits per heavy atom. The van der Waals surface area contributed by atoms with Gasteiger partial charge in [-0.05, 0) is 48.6 Å². The summed E-state index contributed by atoms with van der Waals surface area (Å²) in [4.78, 5) is 12.2. The molecule has 0 aliphatic rings. The first-order chi connectivity index (χ1) is 19.6. The van der Waals surface area contributed by atoms with Crippen molar-refractivity contribution in [1.29, 1.82) is 0 Å². The number of rotatable bonds is 24. The van der Waals surface area contributed by atoms with E-state index in [1.165, 1.54) is 96.3 Å². The summed E-state index contributed by atoms with van der Waals surface area (Å²) in [6.07, 6.45) is 23.6. The van der Waals surface area contributed by atoms with Crippen molar-refractivity contribution in [2.45, 2.75) is 149 Å². The minimum absolute atomic E-state index is 0.0915. The average Bonchev–Trinajstić information content (AvgIpc) is 2.97. The van der Waals surface area contributed by atoms with Crippen molar-refractivity contribution in [2.24, 2.45) is 0 Å². The number of esters is 1. The zero-order chi connectivity index (χ0) is 28.7. The third-order valence-electron chi connectivity index (χ3n) is 7.88. The standard InChI is InChI=1S/C37H58O3/c1-4-6-8-10-12-13-14-15-16-17-19-21-31-39-36-29-27-35(28-30-36)34-25-23-33(24-26-34)32(3)40-37(38)22-20-18-11-9-7-5-2/h23-30,32H,4-22,31H2,1-3H3. The lowest BCUT2D eigenvalue weighted by molar-refractivity contribution is -0.148. The Kier molecular flexibility index (Phi) is 19.0. The van der Waals surface area contributed by atoms with Crippen molar-refractivity contribution >= 4 is 5.97 Å². The monoisotopic (exact) mass is 550 g/mol. The van der Waals surface area contributed by atoms with Crippen LogP contribution in [0.2, 0.25) is 0 Å². The largest absolute Gasteiger partial charge is 0.494 e. The molecular formula is C37H58O3. The van der Waals surface area contributed by atoms with Gasteiger partial charge in [0.05, 0.1) is 6.61 Å². The lowest BCUT2D eigenvalue weighted by Crippen LogP contribution is -2.08. The molecule has 0 aliphatic heterocycles. The van der Waals surface area contributed by atoms with E-state index in [0.717, 1.165) is 48.3 Å². The second-order valence-electron chi connectivity index (χ2n) is 11.5. The summed E-state index contributed by atoms with van der Waals surface area (Å²) in [5.41, 5.74) is 3.35. The predicted octanol–water partition coefficient (Wildman–Crippen LogP) is 11.8. The Morgan fingerprint density at radius 2 is 1.00 bits per heavy atom. The lowest BCUT2D eigenvalue weighted by Gasteiger charge is -2.14. The average molecular weight is 551 g/mol. The van der Waals surface area contributed by atoms with Crippen molar-refractivity contribution in [2.75, 3.05) is 6.61 Å². The van der Waals surface area contributed by atoms with E-state index in [9.17, 15) is 4.79 Å². The molecule has 0 fully saturated rings. The second-order valence-corrected chi connectivity index (χ2v) is 11.5. The molecule has 0 heterocycles. The number of unbranched alkanes of at least 4 members (excludes halogenated alkanes) is 16. The van der Waals surface area contributed by atoms with Crippen molar-refractivity contribution < 1.29 is 14.3 Å². The van der Waals surface area contributed by atoms with E-state index in [1.807, 2.05) is 6.92 Å². The van der Waals surface area contributed by atoms with Gasteiger partial charge in [0.2, 0.25) is 0 Å². The number of benzene rings is 2. The predicted molar refractivity (Wildman–Crippen MR) is 171 cm³/mol. The van der Waals surface area contributed by atoms with Crippen LogP contribution in [0.1, 0.15) is 154 Å². The van der Waals surface area contributed by atoms with Crippen LogP contribution in [0, 0.1) is 0 Å². The van der Waals surface area contributed by atoms with Gasteiger partial charge in [0, 0.05) is 6.42 Å². The SMILES string of the molecule is CCCCCCCCCCCCCCOc1ccc(-c2ccc(C(C)OC(=O)CCCCCCCC)cc2)cc1. The number of hydrogen-bond donors (Lipinski definition) is 0.